The van der Waals surface area contributed by atoms with Crippen molar-refractivity contribution in [3.63, 3.8) is 0 Å². The highest BCUT2D eigenvalue weighted by molar-refractivity contribution is 7.46. The molecule has 0 bridgehead atoms. The summed E-state index contributed by atoms with van der Waals surface area (Å²) in [6.07, 6.45) is 1.37. The molecule has 44 valence electrons. The summed E-state index contributed by atoms with van der Waals surface area (Å²) in [6.45, 7) is 0. The predicted octanol–water partition coefficient (Wildman–Crippen LogP) is 0.372. The Kier molecular flexibility index (Phi) is 1.51. The van der Waals surface area contributed by atoms with E-state index in [0.717, 1.165) is 0 Å². The van der Waals surface area contributed by atoms with Gasteiger partial charge in [-0.2, -0.15) is 0 Å². The molecule has 1 atom stereocenters. The molecule has 4 heteroatoms. The zero-order valence-corrected chi connectivity index (χ0v) is 5.00. The molecule has 0 aliphatic carbocycles. The van der Waals surface area contributed by atoms with Gasteiger partial charge in [-0.15, -0.1) is 0 Å². The summed E-state index contributed by atoms with van der Waals surface area (Å²) >= 11 is 0. The fourth-order valence-corrected chi connectivity index (χ4v) is 0.808. The molecule has 1 aromatic heterocycles. The Morgan fingerprint density at radius 1 is 1.75 bits per heavy atom. The molecule has 0 aliphatic heterocycles. The van der Waals surface area contributed by atoms with E-state index in [1.54, 1.807) is 6.07 Å². The van der Waals surface area contributed by atoms with Crippen LogP contribution in [0.3, 0.4) is 0 Å². The molecule has 1 aromatic rings. The molecular weight excluding hydrogens is 127 g/mol. The Hall–Kier alpha value is -0.530. The van der Waals surface area contributed by atoms with Gasteiger partial charge in [-0.05, 0) is 12.1 Å². The summed E-state index contributed by atoms with van der Waals surface area (Å²) in [6, 6.07) is 3.05. The Morgan fingerprint density at radius 3 is 2.75 bits per heavy atom. The van der Waals surface area contributed by atoms with Crippen LogP contribution in [0, 0.1) is 0 Å². The van der Waals surface area contributed by atoms with Crippen LogP contribution in [0.1, 0.15) is 0 Å². The SMILES string of the molecule is O=[PH](O)c1ccco1. The van der Waals surface area contributed by atoms with Gasteiger partial charge < -0.3 is 9.31 Å². The van der Waals surface area contributed by atoms with Gasteiger partial charge in [0.2, 0.25) is 0 Å². The lowest BCUT2D eigenvalue weighted by atomic mass is 10.7. The molecule has 0 aliphatic rings. The van der Waals surface area contributed by atoms with Crippen LogP contribution in [0.15, 0.2) is 22.8 Å². The summed E-state index contributed by atoms with van der Waals surface area (Å²) in [5.74, 6) is 0. The van der Waals surface area contributed by atoms with E-state index in [9.17, 15) is 4.57 Å². The molecule has 0 aromatic carbocycles. The van der Waals surface area contributed by atoms with Crippen molar-refractivity contribution < 1.29 is 13.9 Å². The van der Waals surface area contributed by atoms with E-state index in [-0.39, 0.29) is 5.50 Å². The summed E-state index contributed by atoms with van der Waals surface area (Å²) < 4.78 is 14.7. The zero-order valence-electron chi connectivity index (χ0n) is 4.00. The molecule has 0 saturated heterocycles. The fraction of sp³-hybridized carbons (Fsp3) is 0. The largest absolute Gasteiger partial charge is 0.459 e. The molecule has 8 heavy (non-hydrogen) atoms. The minimum atomic E-state index is -2.59. The van der Waals surface area contributed by atoms with E-state index in [2.05, 4.69) is 4.42 Å². The van der Waals surface area contributed by atoms with Crippen molar-refractivity contribution in [3.8, 4) is 0 Å². The molecular formula is C4H5O3P. The highest BCUT2D eigenvalue weighted by atomic mass is 31.1. The van der Waals surface area contributed by atoms with Crippen molar-refractivity contribution >= 4 is 13.5 Å². The van der Waals surface area contributed by atoms with E-state index >= 15 is 0 Å². The lowest BCUT2D eigenvalue weighted by Gasteiger charge is -1.81. The molecule has 0 saturated carbocycles. The third kappa shape index (κ3) is 0.997. The van der Waals surface area contributed by atoms with Crippen LogP contribution in [0.2, 0.25) is 0 Å². The van der Waals surface area contributed by atoms with E-state index in [0.29, 0.717) is 0 Å². The van der Waals surface area contributed by atoms with Gasteiger partial charge in [-0.1, -0.05) is 0 Å². The second-order valence-corrected chi connectivity index (χ2v) is 2.39. The fourth-order valence-electron chi connectivity index (χ4n) is 0.400. The zero-order chi connectivity index (χ0) is 5.98. The van der Waals surface area contributed by atoms with Crippen LogP contribution in [0.5, 0.6) is 0 Å². The molecule has 1 heterocycles. The second kappa shape index (κ2) is 2.16. The Balaban J connectivity index is 2.93. The monoisotopic (exact) mass is 132 g/mol. The smallest absolute Gasteiger partial charge is 0.252 e. The number of hydrogen-bond donors (Lipinski definition) is 1. The second-order valence-electron chi connectivity index (χ2n) is 1.28. The van der Waals surface area contributed by atoms with Gasteiger partial charge in [0.25, 0.3) is 8.03 Å². The molecule has 0 fully saturated rings. The third-order valence-electron chi connectivity index (χ3n) is 0.732. The van der Waals surface area contributed by atoms with Gasteiger partial charge in [-0.25, -0.2) is 0 Å². The normalized spacial score (nSPS) is 13.6. The maximum atomic E-state index is 10.2. The quantitative estimate of drug-likeness (QED) is 0.561. The van der Waals surface area contributed by atoms with Gasteiger partial charge in [0.05, 0.1) is 6.26 Å². The number of rotatable bonds is 1. The maximum Gasteiger partial charge on any atom is 0.252 e. The number of furan rings is 1. The Morgan fingerprint density at radius 2 is 2.50 bits per heavy atom. The molecule has 1 N–H and O–H groups in total. The summed E-state index contributed by atoms with van der Waals surface area (Å²) in [4.78, 5) is 8.37. The van der Waals surface area contributed by atoms with Crippen molar-refractivity contribution in [2.45, 2.75) is 0 Å². The molecule has 3 nitrogen and oxygen atoms in total. The molecule has 1 rings (SSSR count). The average Bonchev–Trinajstić information content (AvgIpc) is 2.12. The first kappa shape index (κ1) is 5.60. The van der Waals surface area contributed by atoms with Gasteiger partial charge in [-0.3, -0.25) is 4.57 Å². The van der Waals surface area contributed by atoms with Gasteiger partial charge in [0, 0.05) is 0 Å². The third-order valence-corrected chi connectivity index (χ3v) is 1.44. The van der Waals surface area contributed by atoms with Crippen molar-refractivity contribution in [3.05, 3.63) is 18.4 Å². The van der Waals surface area contributed by atoms with Gasteiger partial charge >= 0.3 is 0 Å². The first-order valence-corrected chi connectivity index (χ1v) is 3.43. The summed E-state index contributed by atoms with van der Waals surface area (Å²) in [5, 5.41) is 0. The first-order chi connectivity index (χ1) is 3.80. The van der Waals surface area contributed by atoms with Crippen LogP contribution in [0.4, 0.5) is 0 Å². The maximum absolute atomic E-state index is 10.2. The summed E-state index contributed by atoms with van der Waals surface area (Å²) in [5.41, 5.74) is 0.162. The topological polar surface area (TPSA) is 50.4 Å². The van der Waals surface area contributed by atoms with E-state index in [1.807, 2.05) is 0 Å². The van der Waals surface area contributed by atoms with Crippen LogP contribution >= 0.6 is 8.03 Å². The standard InChI is InChI=1S/C4H5O3P/c5-8(6)4-2-1-3-7-4/h1-3,8H,(H,5,6). The van der Waals surface area contributed by atoms with E-state index < -0.39 is 8.03 Å². The van der Waals surface area contributed by atoms with Crippen molar-refractivity contribution in [1.82, 2.24) is 0 Å². The molecule has 0 amide bonds. The van der Waals surface area contributed by atoms with Crippen LogP contribution < -0.4 is 5.50 Å². The first-order valence-electron chi connectivity index (χ1n) is 2.07. The number of hydrogen-bond acceptors (Lipinski definition) is 2. The van der Waals surface area contributed by atoms with E-state index in [1.165, 1.54) is 12.3 Å². The van der Waals surface area contributed by atoms with Crippen molar-refractivity contribution in [2.24, 2.45) is 0 Å². The van der Waals surface area contributed by atoms with Crippen molar-refractivity contribution in [1.29, 1.82) is 0 Å². The Labute approximate surface area is 46.8 Å². The Bertz CT molecular complexity index is 179. The van der Waals surface area contributed by atoms with Crippen LogP contribution in [0.25, 0.3) is 0 Å². The molecule has 0 spiro atoms. The summed E-state index contributed by atoms with van der Waals surface area (Å²) in [7, 11) is -2.59. The highest BCUT2D eigenvalue weighted by Crippen LogP contribution is 2.11. The van der Waals surface area contributed by atoms with Gasteiger partial charge in [0.1, 0.15) is 0 Å². The van der Waals surface area contributed by atoms with Gasteiger partial charge in [0.15, 0.2) is 5.50 Å². The average molecular weight is 132 g/mol. The highest BCUT2D eigenvalue weighted by Gasteiger charge is 1.97. The molecule has 0 radical (unpaired) electrons. The minimum absolute atomic E-state index is 0.162. The van der Waals surface area contributed by atoms with Crippen molar-refractivity contribution in [2.75, 3.05) is 0 Å². The minimum Gasteiger partial charge on any atom is -0.459 e. The predicted molar refractivity (Wildman–Crippen MR) is 29.6 cm³/mol. The van der Waals surface area contributed by atoms with E-state index in [4.69, 9.17) is 4.89 Å². The molecule has 1 unspecified atom stereocenters. The lowest BCUT2D eigenvalue weighted by molar-refractivity contribution is 0.497. The van der Waals surface area contributed by atoms with Crippen LogP contribution in [-0.4, -0.2) is 4.89 Å². The lowest BCUT2D eigenvalue weighted by Crippen LogP contribution is -1.85. The van der Waals surface area contributed by atoms with Crippen LogP contribution in [-0.2, 0) is 4.57 Å².